The first-order valence-corrected chi connectivity index (χ1v) is 8.05. The third kappa shape index (κ3) is 2.64. The van der Waals surface area contributed by atoms with Gasteiger partial charge in [0, 0.05) is 17.0 Å². The van der Waals surface area contributed by atoms with E-state index < -0.39 is 0 Å². The largest absolute Gasteiger partial charge is 0.298 e. The lowest BCUT2D eigenvalue weighted by atomic mass is 10.0. The first-order valence-electron chi connectivity index (χ1n) is 8.05. The van der Waals surface area contributed by atoms with Crippen LogP contribution in [0.3, 0.4) is 0 Å². The smallest absolute Gasteiger partial charge is 0.146 e. The van der Waals surface area contributed by atoms with Crippen LogP contribution in [0.4, 0.5) is 0 Å². The second-order valence-corrected chi connectivity index (χ2v) is 5.78. The zero-order chi connectivity index (χ0) is 17.9. The predicted octanol–water partition coefficient (Wildman–Crippen LogP) is 3.94. The van der Waals surface area contributed by atoms with Crippen LogP contribution in [0.1, 0.15) is 11.3 Å². The van der Waals surface area contributed by atoms with Gasteiger partial charge in [-0.25, -0.2) is 4.98 Å². The molecule has 2 nitrogen and oxygen atoms in total. The molecular weight excluding hydrogens is 316 g/mol. The first kappa shape index (κ1) is 15.4. The number of rotatable bonds is 0. The number of fused-ring (bicyclic) bond motifs is 6. The van der Waals surface area contributed by atoms with Crippen LogP contribution >= 0.6 is 0 Å². The molecule has 0 fully saturated rings. The number of aryl methyl sites for hydroxylation is 1. The summed E-state index contributed by atoms with van der Waals surface area (Å²) in [6.45, 7) is 2.10. The molecule has 0 amide bonds. The quantitative estimate of drug-likeness (QED) is 0.353. The molecule has 0 saturated heterocycles. The molecule has 2 heteroatoms. The summed E-state index contributed by atoms with van der Waals surface area (Å²) >= 11 is 0. The Morgan fingerprint density at radius 3 is 2.50 bits per heavy atom. The van der Waals surface area contributed by atoms with Crippen LogP contribution in [0.15, 0.2) is 48.7 Å². The van der Waals surface area contributed by atoms with Crippen molar-refractivity contribution < 1.29 is 0 Å². The Bertz CT molecular complexity index is 1410. The van der Waals surface area contributed by atoms with E-state index in [0.29, 0.717) is 5.69 Å². The number of aromatic nitrogens is 2. The van der Waals surface area contributed by atoms with Crippen LogP contribution in [0.2, 0.25) is 0 Å². The molecular formula is C24H12N2. The van der Waals surface area contributed by atoms with E-state index in [-0.39, 0.29) is 0 Å². The average molecular weight is 328 g/mol. The summed E-state index contributed by atoms with van der Waals surface area (Å²) in [5.74, 6) is 18.2. The summed E-state index contributed by atoms with van der Waals surface area (Å²) in [4.78, 5) is 4.70. The highest BCUT2D eigenvalue weighted by Crippen LogP contribution is 2.29. The highest BCUT2D eigenvalue weighted by atomic mass is 15.0. The molecule has 2 aromatic carbocycles. The molecule has 0 radical (unpaired) electrons. The van der Waals surface area contributed by atoms with Crippen LogP contribution in [-0.4, -0.2) is 9.38 Å². The van der Waals surface area contributed by atoms with Gasteiger partial charge in [-0.3, -0.25) is 4.40 Å². The average Bonchev–Trinajstić information content (AvgIpc) is 3.09. The zero-order valence-corrected chi connectivity index (χ0v) is 14.1. The Morgan fingerprint density at radius 1 is 0.885 bits per heavy atom. The minimum absolute atomic E-state index is 0.669. The SMILES string of the molecule is C#CC#CC#CC#Cc1cn2c3ccc(C)cc3c3ccccc3c2n1. The van der Waals surface area contributed by atoms with Gasteiger partial charge in [-0.2, -0.15) is 0 Å². The second kappa shape index (κ2) is 6.42. The van der Waals surface area contributed by atoms with Gasteiger partial charge in [0.1, 0.15) is 11.3 Å². The van der Waals surface area contributed by atoms with Crippen LogP contribution in [-0.2, 0) is 0 Å². The normalized spacial score (nSPS) is 9.54. The molecule has 0 unspecified atom stereocenters. The van der Waals surface area contributed by atoms with Crippen molar-refractivity contribution in [2.75, 3.05) is 0 Å². The Morgan fingerprint density at radius 2 is 1.65 bits per heavy atom. The molecule has 0 aliphatic carbocycles. The summed E-state index contributed by atoms with van der Waals surface area (Å²) < 4.78 is 2.09. The molecule has 0 atom stereocenters. The molecule has 2 heterocycles. The fourth-order valence-corrected chi connectivity index (χ4v) is 3.03. The summed E-state index contributed by atoms with van der Waals surface area (Å²) in [5, 5.41) is 3.49. The van der Waals surface area contributed by atoms with Crippen LogP contribution in [0, 0.1) is 54.8 Å². The second-order valence-electron chi connectivity index (χ2n) is 5.78. The van der Waals surface area contributed by atoms with Gasteiger partial charge in [-0.05, 0) is 65.9 Å². The Labute approximate surface area is 151 Å². The molecule has 4 aromatic rings. The van der Waals surface area contributed by atoms with Gasteiger partial charge >= 0.3 is 0 Å². The summed E-state index contributed by atoms with van der Waals surface area (Å²) in [6.07, 6.45) is 6.98. The Balaban J connectivity index is 1.97. The van der Waals surface area contributed by atoms with E-state index in [4.69, 9.17) is 11.4 Å². The fraction of sp³-hybridized carbons (Fsp3) is 0.0417. The lowest BCUT2D eigenvalue weighted by Crippen LogP contribution is -1.90. The van der Waals surface area contributed by atoms with Crippen molar-refractivity contribution in [2.24, 2.45) is 0 Å². The zero-order valence-electron chi connectivity index (χ0n) is 14.1. The highest BCUT2D eigenvalue weighted by molar-refractivity contribution is 6.11. The molecule has 26 heavy (non-hydrogen) atoms. The van der Waals surface area contributed by atoms with Crippen LogP contribution < -0.4 is 0 Å². The number of terminal acetylenes is 1. The maximum Gasteiger partial charge on any atom is 0.146 e. The molecule has 2 aromatic heterocycles. The summed E-state index contributed by atoms with van der Waals surface area (Å²) in [6, 6.07) is 14.7. The Hall–Kier alpha value is -4.11. The van der Waals surface area contributed by atoms with Crippen molar-refractivity contribution in [3.63, 3.8) is 0 Å². The first-order chi connectivity index (χ1) is 12.8. The van der Waals surface area contributed by atoms with Crippen molar-refractivity contribution in [1.29, 1.82) is 0 Å². The van der Waals surface area contributed by atoms with E-state index in [2.05, 4.69) is 89.2 Å². The highest BCUT2D eigenvalue weighted by Gasteiger charge is 2.10. The van der Waals surface area contributed by atoms with Crippen molar-refractivity contribution in [3.8, 4) is 47.9 Å². The third-order valence-corrected chi connectivity index (χ3v) is 4.09. The van der Waals surface area contributed by atoms with E-state index in [0.717, 1.165) is 16.6 Å². The van der Waals surface area contributed by atoms with Crippen LogP contribution in [0.25, 0.3) is 27.3 Å². The molecule has 0 saturated carbocycles. The molecule has 118 valence electrons. The monoisotopic (exact) mass is 328 g/mol. The molecule has 0 spiro atoms. The van der Waals surface area contributed by atoms with Crippen LogP contribution in [0.5, 0.6) is 0 Å². The van der Waals surface area contributed by atoms with E-state index in [1.807, 2.05) is 12.3 Å². The van der Waals surface area contributed by atoms with Crippen molar-refractivity contribution in [3.05, 3.63) is 59.9 Å². The standard InChI is InChI=1S/C24H12N2/c1-3-4-5-6-7-8-11-19-17-26-23-15-14-18(2)16-22(23)20-12-9-10-13-21(20)24(26)25-19/h1,9-10,12-17H,2H3. The van der Waals surface area contributed by atoms with E-state index in [9.17, 15) is 0 Å². The molecule has 0 N–H and O–H groups in total. The van der Waals surface area contributed by atoms with Gasteiger partial charge in [0.05, 0.1) is 5.52 Å². The lowest BCUT2D eigenvalue weighted by molar-refractivity contribution is 1.27. The molecule has 4 rings (SSSR count). The summed E-state index contributed by atoms with van der Waals surface area (Å²) in [5.41, 5.74) is 3.89. The van der Waals surface area contributed by atoms with Gasteiger partial charge in [0.15, 0.2) is 0 Å². The number of pyridine rings is 1. The van der Waals surface area contributed by atoms with Crippen molar-refractivity contribution in [2.45, 2.75) is 6.92 Å². The predicted molar refractivity (Wildman–Crippen MR) is 106 cm³/mol. The number of benzene rings is 2. The van der Waals surface area contributed by atoms with Crippen molar-refractivity contribution >= 4 is 27.3 Å². The number of imidazole rings is 1. The molecule has 0 aliphatic heterocycles. The van der Waals surface area contributed by atoms with Gasteiger partial charge in [0.25, 0.3) is 0 Å². The van der Waals surface area contributed by atoms with E-state index >= 15 is 0 Å². The van der Waals surface area contributed by atoms with Gasteiger partial charge in [-0.1, -0.05) is 35.9 Å². The maximum atomic E-state index is 5.04. The maximum absolute atomic E-state index is 5.04. The molecule has 0 bridgehead atoms. The topological polar surface area (TPSA) is 17.3 Å². The van der Waals surface area contributed by atoms with Gasteiger partial charge in [-0.15, -0.1) is 6.42 Å². The summed E-state index contributed by atoms with van der Waals surface area (Å²) in [7, 11) is 0. The number of hydrogen-bond acceptors (Lipinski definition) is 1. The number of nitrogens with zero attached hydrogens (tertiary/aromatic N) is 2. The lowest BCUT2D eigenvalue weighted by Gasteiger charge is -2.08. The van der Waals surface area contributed by atoms with E-state index in [1.165, 1.54) is 16.3 Å². The minimum atomic E-state index is 0.669. The minimum Gasteiger partial charge on any atom is -0.298 e. The number of hydrogen-bond donors (Lipinski definition) is 0. The van der Waals surface area contributed by atoms with E-state index in [1.54, 1.807) is 0 Å². The van der Waals surface area contributed by atoms with Gasteiger partial charge in [0.2, 0.25) is 0 Å². The Kier molecular flexibility index (Phi) is 3.81. The molecule has 0 aliphatic rings. The third-order valence-electron chi connectivity index (χ3n) is 4.09. The van der Waals surface area contributed by atoms with Gasteiger partial charge < -0.3 is 0 Å². The fourth-order valence-electron chi connectivity index (χ4n) is 3.03. The van der Waals surface area contributed by atoms with Crippen molar-refractivity contribution in [1.82, 2.24) is 9.38 Å².